The van der Waals surface area contributed by atoms with Gasteiger partial charge in [0.05, 0.1) is 6.61 Å². The predicted molar refractivity (Wildman–Crippen MR) is 69.6 cm³/mol. The molecule has 0 fully saturated rings. The molecule has 0 aliphatic heterocycles. The summed E-state index contributed by atoms with van der Waals surface area (Å²) in [5, 5.41) is 3.07. The Morgan fingerprint density at radius 3 is 2.89 bits per heavy atom. The highest BCUT2D eigenvalue weighted by Crippen LogP contribution is 2.11. The maximum atomic E-state index is 11.4. The second-order valence-corrected chi connectivity index (χ2v) is 4.05. The second-order valence-electron chi connectivity index (χ2n) is 4.05. The van der Waals surface area contributed by atoms with Crippen molar-refractivity contribution in [2.24, 2.45) is 0 Å². The third-order valence-electron chi connectivity index (χ3n) is 2.24. The highest BCUT2D eigenvalue weighted by Gasteiger charge is 2.04. The lowest BCUT2D eigenvalue weighted by Crippen LogP contribution is -2.24. The number of rotatable bonds is 7. The van der Waals surface area contributed by atoms with Gasteiger partial charge in [0.15, 0.2) is 0 Å². The van der Waals surface area contributed by atoms with E-state index in [9.17, 15) is 4.79 Å². The monoisotopic (exact) mass is 252 g/mol. The van der Waals surface area contributed by atoms with Gasteiger partial charge in [-0.3, -0.25) is 4.79 Å². The SMILES string of the molecule is CCCOc1cc(NCCC(=O)N(C)C)ncn1. The number of nitrogens with one attached hydrogen (secondary N) is 1. The zero-order chi connectivity index (χ0) is 13.4. The molecule has 0 bridgehead atoms. The molecule has 1 amide bonds. The first-order valence-electron chi connectivity index (χ1n) is 6.02. The standard InChI is InChI=1S/C12H20N4O2/c1-4-7-18-11-8-10(14-9-15-11)13-6-5-12(17)16(2)3/h8-9H,4-7H2,1-3H3,(H,13,14,15). The summed E-state index contributed by atoms with van der Waals surface area (Å²) in [4.78, 5) is 21.0. The van der Waals surface area contributed by atoms with Crippen molar-refractivity contribution in [2.75, 3.05) is 32.6 Å². The number of amides is 1. The number of nitrogens with zero attached hydrogens (tertiary/aromatic N) is 3. The van der Waals surface area contributed by atoms with Crippen LogP contribution in [0.25, 0.3) is 0 Å². The average molecular weight is 252 g/mol. The smallest absolute Gasteiger partial charge is 0.223 e. The molecule has 0 saturated heterocycles. The van der Waals surface area contributed by atoms with Crippen LogP contribution >= 0.6 is 0 Å². The molecule has 0 spiro atoms. The highest BCUT2D eigenvalue weighted by atomic mass is 16.5. The van der Waals surface area contributed by atoms with Gasteiger partial charge in [-0.25, -0.2) is 9.97 Å². The van der Waals surface area contributed by atoms with E-state index in [1.54, 1.807) is 25.1 Å². The van der Waals surface area contributed by atoms with Crippen LogP contribution < -0.4 is 10.1 Å². The summed E-state index contributed by atoms with van der Waals surface area (Å²) in [5.74, 6) is 1.30. The molecule has 100 valence electrons. The van der Waals surface area contributed by atoms with Gasteiger partial charge in [0.1, 0.15) is 12.1 Å². The van der Waals surface area contributed by atoms with Crippen LogP contribution in [0.3, 0.4) is 0 Å². The fourth-order valence-electron chi connectivity index (χ4n) is 1.24. The van der Waals surface area contributed by atoms with Crippen LogP contribution in [0, 0.1) is 0 Å². The molecule has 1 heterocycles. The van der Waals surface area contributed by atoms with Gasteiger partial charge in [-0.05, 0) is 6.42 Å². The zero-order valence-corrected chi connectivity index (χ0v) is 11.1. The summed E-state index contributed by atoms with van der Waals surface area (Å²) in [5.41, 5.74) is 0. The van der Waals surface area contributed by atoms with Crippen LogP contribution in [-0.4, -0.2) is 48.0 Å². The Bertz CT molecular complexity index is 382. The summed E-state index contributed by atoms with van der Waals surface area (Å²) in [6.07, 6.45) is 2.81. The van der Waals surface area contributed by atoms with E-state index in [2.05, 4.69) is 15.3 Å². The van der Waals surface area contributed by atoms with Crippen molar-refractivity contribution in [1.82, 2.24) is 14.9 Å². The summed E-state index contributed by atoms with van der Waals surface area (Å²) < 4.78 is 5.40. The van der Waals surface area contributed by atoms with E-state index in [0.717, 1.165) is 6.42 Å². The molecule has 1 N–H and O–H groups in total. The molecule has 0 aromatic carbocycles. The van der Waals surface area contributed by atoms with Gasteiger partial charge in [0.25, 0.3) is 0 Å². The van der Waals surface area contributed by atoms with E-state index < -0.39 is 0 Å². The first-order valence-corrected chi connectivity index (χ1v) is 6.02. The Kier molecular flexibility index (Phi) is 5.90. The van der Waals surface area contributed by atoms with E-state index in [1.807, 2.05) is 6.92 Å². The fraction of sp³-hybridized carbons (Fsp3) is 0.583. The van der Waals surface area contributed by atoms with Gasteiger partial charge in [-0.15, -0.1) is 0 Å². The van der Waals surface area contributed by atoms with Gasteiger partial charge < -0.3 is 15.0 Å². The quantitative estimate of drug-likeness (QED) is 0.788. The van der Waals surface area contributed by atoms with Crippen molar-refractivity contribution < 1.29 is 9.53 Å². The molecule has 1 aromatic heterocycles. The Morgan fingerprint density at radius 2 is 2.22 bits per heavy atom. The molecule has 0 saturated carbocycles. The van der Waals surface area contributed by atoms with Crippen molar-refractivity contribution in [3.05, 3.63) is 12.4 Å². The van der Waals surface area contributed by atoms with Crippen molar-refractivity contribution in [1.29, 1.82) is 0 Å². The maximum absolute atomic E-state index is 11.4. The summed E-state index contributed by atoms with van der Waals surface area (Å²) in [7, 11) is 3.48. The number of ether oxygens (including phenoxy) is 1. The fourth-order valence-corrected chi connectivity index (χ4v) is 1.24. The van der Waals surface area contributed by atoms with Crippen LogP contribution in [0.1, 0.15) is 19.8 Å². The Morgan fingerprint density at radius 1 is 1.44 bits per heavy atom. The first-order chi connectivity index (χ1) is 8.63. The molecule has 18 heavy (non-hydrogen) atoms. The minimum absolute atomic E-state index is 0.0824. The predicted octanol–water partition coefficient (Wildman–Crippen LogP) is 1.16. The van der Waals surface area contributed by atoms with E-state index in [0.29, 0.717) is 31.3 Å². The molecule has 1 aromatic rings. The van der Waals surface area contributed by atoms with Gasteiger partial charge in [-0.2, -0.15) is 0 Å². The molecular weight excluding hydrogens is 232 g/mol. The van der Waals surface area contributed by atoms with Crippen molar-refractivity contribution in [2.45, 2.75) is 19.8 Å². The van der Waals surface area contributed by atoms with Gasteiger partial charge in [-0.1, -0.05) is 6.92 Å². The molecule has 0 atom stereocenters. The number of aromatic nitrogens is 2. The minimum Gasteiger partial charge on any atom is -0.478 e. The Hall–Kier alpha value is -1.85. The molecule has 0 aliphatic carbocycles. The minimum atomic E-state index is 0.0824. The highest BCUT2D eigenvalue weighted by molar-refractivity contribution is 5.76. The lowest BCUT2D eigenvalue weighted by atomic mass is 10.4. The Labute approximate surface area is 107 Å². The number of carbonyl (C=O) groups excluding carboxylic acids is 1. The van der Waals surface area contributed by atoms with Crippen LogP contribution in [0.5, 0.6) is 5.88 Å². The third kappa shape index (κ3) is 4.99. The van der Waals surface area contributed by atoms with Crippen molar-refractivity contribution >= 4 is 11.7 Å². The van der Waals surface area contributed by atoms with Crippen LogP contribution in [0.2, 0.25) is 0 Å². The number of carbonyl (C=O) groups is 1. The number of anilines is 1. The van der Waals surface area contributed by atoms with Crippen LogP contribution in [0.4, 0.5) is 5.82 Å². The average Bonchev–Trinajstić information content (AvgIpc) is 2.36. The maximum Gasteiger partial charge on any atom is 0.223 e. The topological polar surface area (TPSA) is 67.3 Å². The van der Waals surface area contributed by atoms with E-state index in [4.69, 9.17) is 4.74 Å². The van der Waals surface area contributed by atoms with Crippen LogP contribution in [0.15, 0.2) is 12.4 Å². The van der Waals surface area contributed by atoms with Crippen molar-refractivity contribution in [3.63, 3.8) is 0 Å². The van der Waals surface area contributed by atoms with E-state index in [-0.39, 0.29) is 5.91 Å². The number of hydrogen-bond acceptors (Lipinski definition) is 5. The normalized spacial score (nSPS) is 9.94. The van der Waals surface area contributed by atoms with Crippen LogP contribution in [-0.2, 0) is 4.79 Å². The van der Waals surface area contributed by atoms with E-state index >= 15 is 0 Å². The third-order valence-corrected chi connectivity index (χ3v) is 2.24. The summed E-state index contributed by atoms with van der Waals surface area (Å²) in [6, 6.07) is 1.73. The first kappa shape index (κ1) is 14.2. The zero-order valence-electron chi connectivity index (χ0n) is 11.1. The molecule has 6 nitrogen and oxygen atoms in total. The molecular formula is C12H20N4O2. The number of hydrogen-bond donors (Lipinski definition) is 1. The van der Waals surface area contributed by atoms with Gasteiger partial charge in [0, 0.05) is 33.1 Å². The van der Waals surface area contributed by atoms with Gasteiger partial charge in [0.2, 0.25) is 11.8 Å². The molecule has 6 heteroatoms. The summed E-state index contributed by atoms with van der Waals surface area (Å²) >= 11 is 0. The molecule has 0 unspecified atom stereocenters. The largest absolute Gasteiger partial charge is 0.478 e. The molecule has 0 radical (unpaired) electrons. The van der Waals surface area contributed by atoms with Gasteiger partial charge >= 0.3 is 0 Å². The summed E-state index contributed by atoms with van der Waals surface area (Å²) in [6.45, 7) is 3.21. The molecule has 0 aliphatic rings. The second kappa shape index (κ2) is 7.47. The van der Waals surface area contributed by atoms with Crippen molar-refractivity contribution in [3.8, 4) is 5.88 Å². The molecule has 1 rings (SSSR count). The Balaban J connectivity index is 2.40. The lowest BCUT2D eigenvalue weighted by molar-refractivity contribution is -0.128. The lowest BCUT2D eigenvalue weighted by Gasteiger charge is -2.11. The van der Waals surface area contributed by atoms with E-state index in [1.165, 1.54) is 6.33 Å².